The summed E-state index contributed by atoms with van der Waals surface area (Å²) in [6.07, 6.45) is -0.565. The van der Waals surface area contributed by atoms with E-state index >= 15 is 0 Å². The van der Waals surface area contributed by atoms with E-state index in [4.69, 9.17) is 4.98 Å². The number of aliphatic hydroxyl groups is 1. The highest BCUT2D eigenvalue weighted by Crippen LogP contribution is 2.51. The lowest BCUT2D eigenvalue weighted by Gasteiger charge is -2.32. The summed E-state index contributed by atoms with van der Waals surface area (Å²) in [5.74, 6) is 0.787. The molecule has 1 fully saturated rings. The van der Waals surface area contributed by atoms with Crippen molar-refractivity contribution >= 4 is 38.9 Å². The summed E-state index contributed by atoms with van der Waals surface area (Å²) in [5, 5.41) is 10.9. The van der Waals surface area contributed by atoms with Crippen molar-refractivity contribution in [3.8, 4) is 0 Å². The number of carbonyl (C=O) groups is 1. The number of aromatic nitrogens is 1. The van der Waals surface area contributed by atoms with E-state index in [0.717, 1.165) is 27.7 Å². The molecule has 8 heteroatoms. The Hall–Kier alpha value is -2.65. The highest BCUT2D eigenvalue weighted by atomic mass is 32.3. The number of para-hydroxylation sites is 1. The molecule has 0 bridgehead atoms. The van der Waals surface area contributed by atoms with Crippen LogP contribution in [0.1, 0.15) is 17.5 Å². The minimum absolute atomic E-state index is 0.108. The average molecular weight is 440 g/mol. The molecule has 1 atom stereocenters. The number of rotatable bonds is 2. The largest absolute Gasteiger partial charge is 0.391 e. The molecular formula is C23H25N3O4S. The predicted octanol–water partition coefficient (Wildman–Crippen LogP) is 3.77. The van der Waals surface area contributed by atoms with Gasteiger partial charge in [0, 0.05) is 24.5 Å². The van der Waals surface area contributed by atoms with Crippen molar-refractivity contribution in [2.45, 2.75) is 30.9 Å². The number of β-amino-alcohol motifs (C(OH)–C–C–N with tert-alkyl or cyclic N) is 1. The van der Waals surface area contributed by atoms with Crippen LogP contribution in [-0.4, -0.2) is 50.0 Å². The van der Waals surface area contributed by atoms with Crippen molar-refractivity contribution in [3.63, 3.8) is 0 Å². The lowest BCUT2D eigenvalue weighted by atomic mass is 10.1. The molecule has 0 unspecified atom stereocenters. The first-order valence-electron chi connectivity index (χ1n) is 10.3. The van der Waals surface area contributed by atoms with E-state index in [9.17, 15) is 19.0 Å². The predicted molar refractivity (Wildman–Crippen MR) is 123 cm³/mol. The second kappa shape index (κ2) is 7.49. The Morgan fingerprint density at radius 2 is 1.94 bits per heavy atom. The Bertz CT molecular complexity index is 1180. The third-order valence-electron chi connectivity index (χ3n) is 6.06. The topological polar surface area (TPSA) is 97.1 Å². The number of fused-ring (bicyclic) bond motifs is 2. The first-order chi connectivity index (χ1) is 14.8. The summed E-state index contributed by atoms with van der Waals surface area (Å²) in [4.78, 5) is 21.7. The van der Waals surface area contributed by atoms with Crippen LogP contribution < -0.4 is 9.80 Å². The van der Waals surface area contributed by atoms with Crippen LogP contribution in [0.3, 0.4) is 0 Å². The molecule has 2 aliphatic heterocycles. The Labute approximate surface area is 182 Å². The van der Waals surface area contributed by atoms with E-state index in [2.05, 4.69) is 0 Å². The number of amides is 1. The normalized spacial score (nSPS) is 21.8. The second-order valence-corrected chi connectivity index (χ2v) is 10.4. The zero-order chi connectivity index (χ0) is 21.8. The van der Waals surface area contributed by atoms with Gasteiger partial charge in [0.05, 0.1) is 40.9 Å². The van der Waals surface area contributed by atoms with Gasteiger partial charge in [0.1, 0.15) is 5.82 Å². The molecule has 0 radical (unpaired) electrons. The highest BCUT2D eigenvalue weighted by Gasteiger charge is 2.32. The van der Waals surface area contributed by atoms with Crippen molar-refractivity contribution in [1.82, 2.24) is 4.98 Å². The number of carbonyl (C=O) groups excluding carboxylic acids is 1. The lowest BCUT2D eigenvalue weighted by Crippen LogP contribution is -2.28. The maximum absolute atomic E-state index is 12.6. The molecule has 1 amide bonds. The van der Waals surface area contributed by atoms with Gasteiger partial charge in [-0.1, -0.05) is 36.4 Å². The average Bonchev–Trinajstić information content (AvgIpc) is 3.01. The van der Waals surface area contributed by atoms with Gasteiger partial charge in [0.25, 0.3) is 0 Å². The van der Waals surface area contributed by atoms with Crippen LogP contribution in [0.5, 0.6) is 0 Å². The monoisotopic (exact) mass is 439 g/mol. The van der Waals surface area contributed by atoms with Crippen molar-refractivity contribution in [3.05, 3.63) is 59.7 Å². The summed E-state index contributed by atoms with van der Waals surface area (Å²) in [6, 6.07) is 15.2. The Morgan fingerprint density at radius 1 is 1.13 bits per heavy atom. The number of anilines is 2. The Balaban J connectivity index is 1.64. The third kappa shape index (κ3) is 3.55. The first-order valence-corrected chi connectivity index (χ1v) is 12.0. The molecular weight excluding hydrogens is 414 g/mol. The zero-order valence-electron chi connectivity index (χ0n) is 17.2. The maximum atomic E-state index is 12.6. The maximum Gasteiger partial charge on any atom is 0.229 e. The van der Waals surface area contributed by atoms with Gasteiger partial charge in [0.15, 0.2) is 0 Å². The number of hydrogen-bond acceptors (Lipinski definition) is 6. The summed E-state index contributed by atoms with van der Waals surface area (Å²) in [7, 11) is -2.88. The van der Waals surface area contributed by atoms with E-state index in [1.54, 1.807) is 11.0 Å². The van der Waals surface area contributed by atoms with E-state index in [1.807, 2.05) is 54.3 Å². The molecule has 0 saturated carbocycles. The fraction of sp³-hybridized carbons (Fsp3) is 0.304. The molecule has 0 spiro atoms. The highest BCUT2D eigenvalue weighted by molar-refractivity contribution is 8.24. The van der Waals surface area contributed by atoms with Gasteiger partial charge >= 0.3 is 0 Å². The van der Waals surface area contributed by atoms with Crippen molar-refractivity contribution in [2.75, 3.05) is 28.6 Å². The van der Waals surface area contributed by atoms with E-state index in [0.29, 0.717) is 23.8 Å². The van der Waals surface area contributed by atoms with E-state index < -0.39 is 16.7 Å². The van der Waals surface area contributed by atoms with Crippen LogP contribution in [-0.2, 0) is 11.3 Å². The summed E-state index contributed by atoms with van der Waals surface area (Å²) < 4.78 is 21.4. The fourth-order valence-corrected chi connectivity index (χ4v) is 5.99. The number of nitrogens with zero attached hydrogens (tertiary/aromatic N) is 3. The fourth-order valence-electron chi connectivity index (χ4n) is 4.45. The van der Waals surface area contributed by atoms with Gasteiger partial charge in [0.2, 0.25) is 5.91 Å². The van der Waals surface area contributed by atoms with Gasteiger partial charge in [-0.25, -0.2) is 4.98 Å². The molecule has 2 aromatic carbocycles. The molecule has 1 aromatic heterocycles. The van der Waals surface area contributed by atoms with Crippen molar-refractivity contribution in [1.29, 1.82) is 0 Å². The quantitative estimate of drug-likeness (QED) is 0.562. The van der Waals surface area contributed by atoms with Crippen LogP contribution >= 0.6 is 10.6 Å². The summed E-state index contributed by atoms with van der Waals surface area (Å²) in [6.45, 7) is 3.16. The molecule has 5 rings (SSSR count). The van der Waals surface area contributed by atoms with Crippen molar-refractivity contribution in [2.24, 2.45) is 0 Å². The summed E-state index contributed by atoms with van der Waals surface area (Å²) in [5.41, 5.74) is 3.39. The smallest absolute Gasteiger partial charge is 0.229 e. The minimum atomic E-state index is -2.88. The van der Waals surface area contributed by atoms with Gasteiger partial charge in [-0.15, -0.1) is 0 Å². The van der Waals surface area contributed by atoms with Crippen LogP contribution in [0.2, 0.25) is 0 Å². The number of pyridine rings is 1. The molecule has 3 aromatic rings. The van der Waals surface area contributed by atoms with Gasteiger partial charge in [-0.05, 0) is 24.1 Å². The van der Waals surface area contributed by atoms with Gasteiger partial charge < -0.3 is 14.9 Å². The molecule has 2 aliphatic rings. The standard InChI is InChI=1S/C23H25N3O4S/c1-15-5-4-7-18-19(26-14-17(27)11-22(26)28)12-21(24-23(15)18)25-9-10-31(29,30)20-8-3-2-6-16(20)13-25/h2-8,12,17,27,29-30H,9-11,13-14H2,1H3/t17-/m1/s1. The first kappa shape index (κ1) is 20.3. The molecule has 0 aliphatic carbocycles. The van der Waals surface area contributed by atoms with Crippen LogP contribution in [0.15, 0.2) is 53.4 Å². The molecule has 3 N–H and O–H groups in total. The summed E-state index contributed by atoms with van der Waals surface area (Å²) >= 11 is 0. The van der Waals surface area contributed by atoms with E-state index in [1.165, 1.54) is 0 Å². The lowest BCUT2D eigenvalue weighted by molar-refractivity contribution is -0.117. The van der Waals surface area contributed by atoms with Gasteiger partial charge in [-0.3, -0.25) is 13.9 Å². The van der Waals surface area contributed by atoms with Crippen LogP contribution in [0.4, 0.5) is 11.5 Å². The Morgan fingerprint density at radius 3 is 2.71 bits per heavy atom. The third-order valence-corrected chi connectivity index (χ3v) is 7.91. The van der Waals surface area contributed by atoms with Crippen LogP contribution in [0.25, 0.3) is 10.9 Å². The number of aryl methyl sites for hydroxylation is 1. The SMILES string of the molecule is Cc1cccc2c(N3C[C@H](O)CC3=O)cc(N3CCS(O)(O)c4ccccc4C3)nc12. The minimum Gasteiger partial charge on any atom is -0.391 e. The Kier molecular flexibility index (Phi) is 4.90. The van der Waals surface area contributed by atoms with Gasteiger partial charge in [-0.2, -0.15) is 10.6 Å². The number of benzene rings is 2. The van der Waals surface area contributed by atoms with Crippen molar-refractivity contribution < 1.29 is 19.0 Å². The van der Waals surface area contributed by atoms with E-state index in [-0.39, 0.29) is 24.6 Å². The molecule has 31 heavy (non-hydrogen) atoms. The number of aliphatic hydroxyl groups excluding tert-OH is 1. The second-order valence-electron chi connectivity index (χ2n) is 8.23. The van der Waals surface area contributed by atoms with Crippen LogP contribution in [0, 0.1) is 6.92 Å². The molecule has 7 nitrogen and oxygen atoms in total. The zero-order valence-corrected chi connectivity index (χ0v) is 18.0. The molecule has 1 saturated heterocycles. The molecule has 3 heterocycles. The number of hydrogen-bond donors (Lipinski definition) is 3. The molecule has 162 valence electrons.